The highest BCUT2D eigenvalue weighted by Gasteiger charge is 2.17. The summed E-state index contributed by atoms with van der Waals surface area (Å²) in [4.78, 5) is 20.3. The third-order valence-corrected chi connectivity index (χ3v) is 7.22. The van der Waals surface area contributed by atoms with Gasteiger partial charge in [-0.05, 0) is 36.8 Å². The van der Waals surface area contributed by atoms with Crippen LogP contribution in [0.3, 0.4) is 0 Å². The monoisotopic (exact) mass is 530 g/mol. The first kappa shape index (κ1) is 24.6. The van der Waals surface area contributed by atoms with Crippen molar-refractivity contribution >= 4 is 22.1 Å². The standard InChI is InChI=1S/C36H26N4O/c1-23-13-19-29-31(21-23)39-33(24-9-5-3-6-10-24)35(37-29)26-14-16-27(17-15-26)36-34(25-11-7-4-8-12-25)40-32-22-28(41-2)18-20-30(32)38-36/h3-22H,1-2H3. The molecule has 0 aliphatic carbocycles. The summed E-state index contributed by atoms with van der Waals surface area (Å²) in [6.07, 6.45) is 0. The number of hydrogen-bond acceptors (Lipinski definition) is 5. The molecule has 0 atom stereocenters. The highest BCUT2D eigenvalue weighted by Crippen LogP contribution is 2.35. The summed E-state index contributed by atoms with van der Waals surface area (Å²) in [6, 6.07) is 40.8. The summed E-state index contributed by atoms with van der Waals surface area (Å²) in [5.74, 6) is 0.754. The van der Waals surface area contributed by atoms with Crippen LogP contribution in [0.4, 0.5) is 0 Å². The van der Waals surface area contributed by atoms with E-state index in [0.717, 1.165) is 78.4 Å². The van der Waals surface area contributed by atoms with E-state index < -0.39 is 0 Å². The number of benzene rings is 5. The molecule has 5 nitrogen and oxygen atoms in total. The average molecular weight is 531 g/mol. The van der Waals surface area contributed by atoms with Gasteiger partial charge in [0.05, 0.1) is 52.0 Å². The predicted octanol–water partition coefficient (Wildman–Crippen LogP) is 8.56. The average Bonchev–Trinajstić information content (AvgIpc) is 3.04. The quantitative estimate of drug-likeness (QED) is 0.223. The molecule has 0 saturated heterocycles. The van der Waals surface area contributed by atoms with Crippen molar-refractivity contribution < 1.29 is 4.74 Å². The molecule has 5 aromatic carbocycles. The van der Waals surface area contributed by atoms with Gasteiger partial charge in [-0.3, -0.25) is 0 Å². The molecule has 196 valence electrons. The zero-order chi connectivity index (χ0) is 27.8. The van der Waals surface area contributed by atoms with Crippen LogP contribution in [0.1, 0.15) is 5.56 Å². The zero-order valence-electron chi connectivity index (χ0n) is 22.7. The second-order valence-corrected chi connectivity index (χ2v) is 10.00. The molecular formula is C36H26N4O. The molecule has 0 fully saturated rings. The smallest absolute Gasteiger partial charge is 0.121 e. The molecular weight excluding hydrogens is 504 g/mol. The molecule has 2 heterocycles. The Bertz CT molecular complexity index is 2020. The van der Waals surface area contributed by atoms with E-state index in [2.05, 4.69) is 67.6 Å². The number of methoxy groups -OCH3 is 1. The Labute approximate surface area is 238 Å². The number of ether oxygens (including phenoxy) is 1. The summed E-state index contributed by atoms with van der Waals surface area (Å²) in [6.45, 7) is 2.08. The maximum atomic E-state index is 5.43. The molecule has 0 unspecified atom stereocenters. The zero-order valence-corrected chi connectivity index (χ0v) is 22.7. The molecule has 7 rings (SSSR count). The Kier molecular flexibility index (Phi) is 6.17. The Morgan fingerprint density at radius 1 is 0.415 bits per heavy atom. The van der Waals surface area contributed by atoms with Gasteiger partial charge in [0, 0.05) is 28.3 Å². The number of fused-ring (bicyclic) bond motifs is 2. The minimum atomic E-state index is 0.754. The van der Waals surface area contributed by atoms with Crippen molar-refractivity contribution in [3.63, 3.8) is 0 Å². The van der Waals surface area contributed by atoms with Crippen molar-refractivity contribution in [1.82, 2.24) is 19.9 Å². The highest BCUT2D eigenvalue weighted by atomic mass is 16.5. The van der Waals surface area contributed by atoms with E-state index in [1.807, 2.05) is 60.7 Å². The van der Waals surface area contributed by atoms with Gasteiger partial charge >= 0.3 is 0 Å². The molecule has 2 aromatic heterocycles. The lowest BCUT2D eigenvalue weighted by Crippen LogP contribution is -1.97. The number of rotatable bonds is 5. The molecule has 0 spiro atoms. The number of hydrogen-bond donors (Lipinski definition) is 0. The topological polar surface area (TPSA) is 60.8 Å². The van der Waals surface area contributed by atoms with Gasteiger partial charge < -0.3 is 4.74 Å². The fourth-order valence-electron chi connectivity index (χ4n) is 5.11. The van der Waals surface area contributed by atoms with Crippen molar-refractivity contribution in [2.24, 2.45) is 0 Å². The van der Waals surface area contributed by atoms with Crippen LogP contribution in [0.25, 0.3) is 67.1 Å². The maximum absolute atomic E-state index is 5.43. The second-order valence-electron chi connectivity index (χ2n) is 10.00. The molecule has 0 bridgehead atoms. The molecule has 0 N–H and O–H groups in total. The van der Waals surface area contributed by atoms with E-state index in [4.69, 9.17) is 24.7 Å². The van der Waals surface area contributed by atoms with Gasteiger partial charge in [-0.15, -0.1) is 0 Å². The normalized spacial score (nSPS) is 11.2. The summed E-state index contributed by atoms with van der Waals surface area (Å²) in [7, 11) is 1.66. The molecule has 0 aliphatic rings. The number of aromatic nitrogens is 4. The predicted molar refractivity (Wildman–Crippen MR) is 166 cm³/mol. The Hall–Kier alpha value is -5.42. The van der Waals surface area contributed by atoms with Crippen LogP contribution in [-0.2, 0) is 0 Å². The van der Waals surface area contributed by atoms with Crippen molar-refractivity contribution in [2.75, 3.05) is 7.11 Å². The van der Waals surface area contributed by atoms with E-state index in [1.54, 1.807) is 7.11 Å². The fourth-order valence-corrected chi connectivity index (χ4v) is 5.11. The van der Waals surface area contributed by atoms with Crippen LogP contribution in [0.15, 0.2) is 121 Å². The Balaban J connectivity index is 1.38. The van der Waals surface area contributed by atoms with Crippen LogP contribution in [0.5, 0.6) is 5.75 Å². The molecule has 0 amide bonds. The van der Waals surface area contributed by atoms with Crippen LogP contribution < -0.4 is 4.74 Å². The molecule has 7 aromatic rings. The van der Waals surface area contributed by atoms with Gasteiger partial charge in [0.2, 0.25) is 0 Å². The van der Waals surface area contributed by atoms with E-state index in [-0.39, 0.29) is 0 Å². The lowest BCUT2D eigenvalue weighted by molar-refractivity contribution is 0.415. The Morgan fingerprint density at radius 3 is 1.32 bits per heavy atom. The summed E-state index contributed by atoms with van der Waals surface area (Å²) in [5.41, 5.74) is 11.9. The first-order valence-corrected chi connectivity index (χ1v) is 13.5. The molecule has 0 radical (unpaired) electrons. The van der Waals surface area contributed by atoms with Gasteiger partial charge in [0.15, 0.2) is 0 Å². The highest BCUT2D eigenvalue weighted by molar-refractivity contribution is 5.89. The fraction of sp³-hybridized carbons (Fsp3) is 0.0556. The lowest BCUT2D eigenvalue weighted by atomic mass is 9.99. The SMILES string of the molecule is COc1ccc2nc(-c3ccc(-c4nc5ccc(C)cc5nc4-c4ccccc4)cc3)c(-c3ccccc3)nc2c1. The van der Waals surface area contributed by atoms with Crippen LogP contribution in [0, 0.1) is 6.92 Å². The van der Waals surface area contributed by atoms with E-state index in [9.17, 15) is 0 Å². The molecule has 0 aliphatic heterocycles. The first-order valence-electron chi connectivity index (χ1n) is 13.5. The summed E-state index contributed by atoms with van der Waals surface area (Å²) >= 11 is 0. The van der Waals surface area contributed by atoms with Crippen LogP contribution in [0.2, 0.25) is 0 Å². The largest absolute Gasteiger partial charge is 0.497 e. The van der Waals surface area contributed by atoms with Gasteiger partial charge in [0.1, 0.15) is 5.75 Å². The van der Waals surface area contributed by atoms with Crippen molar-refractivity contribution in [1.29, 1.82) is 0 Å². The van der Waals surface area contributed by atoms with Crippen molar-refractivity contribution in [2.45, 2.75) is 6.92 Å². The maximum Gasteiger partial charge on any atom is 0.121 e. The van der Waals surface area contributed by atoms with Crippen molar-refractivity contribution in [3.05, 3.63) is 127 Å². The second kappa shape index (κ2) is 10.3. The Morgan fingerprint density at radius 2 is 0.829 bits per heavy atom. The number of aryl methyl sites for hydroxylation is 1. The third-order valence-electron chi connectivity index (χ3n) is 7.22. The molecule has 0 saturated carbocycles. The van der Waals surface area contributed by atoms with E-state index >= 15 is 0 Å². The minimum Gasteiger partial charge on any atom is -0.497 e. The van der Waals surface area contributed by atoms with Crippen molar-refractivity contribution in [3.8, 4) is 50.8 Å². The lowest BCUT2D eigenvalue weighted by Gasteiger charge is -2.13. The first-order chi connectivity index (χ1) is 20.2. The molecule has 41 heavy (non-hydrogen) atoms. The minimum absolute atomic E-state index is 0.754. The van der Waals surface area contributed by atoms with E-state index in [0.29, 0.717) is 0 Å². The van der Waals surface area contributed by atoms with Gasteiger partial charge in [-0.2, -0.15) is 0 Å². The van der Waals surface area contributed by atoms with Gasteiger partial charge in [-0.25, -0.2) is 19.9 Å². The summed E-state index contributed by atoms with van der Waals surface area (Å²) < 4.78 is 5.43. The van der Waals surface area contributed by atoms with Crippen LogP contribution >= 0.6 is 0 Å². The number of nitrogens with zero attached hydrogens (tertiary/aromatic N) is 4. The summed E-state index contributed by atoms with van der Waals surface area (Å²) in [5, 5.41) is 0. The van der Waals surface area contributed by atoms with Gasteiger partial charge in [0.25, 0.3) is 0 Å². The van der Waals surface area contributed by atoms with Crippen LogP contribution in [-0.4, -0.2) is 27.0 Å². The molecule has 5 heteroatoms. The van der Waals surface area contributed by atoms with Gasteiger partial charge in [-0.1, -0.05) is 91.0 Å². The van der Waals surface area contributed by atoms with E-state index in [1.165, 1.54) is 0 Å². The third kappa shape index (κ3) is 4.68.